The van der Waals surface area contributed by atoms with Crippen molar-refractivity contribution in [2.45, 2.75) is 32.8 Å². The molecule has 1 rings (SSSR count). The van der Waals surface area contributed by atoms with Crippen LogP contribution in [0.5, 0.6) is 0 Å². The van der Waals surface area contributed by atoms with Crippen molar-refractivity contribution in [2.24, 2.45) is 5.92 Å². The summed E-state index contributed by atoms with van der Waals surface area (Å²) in [7, 11) is 0. The Balaban J connectivity index is 2.43. The van der Waals surface area contributed by atoms with E-state index in [0.29, 0.717) is 6.10 Å². The Hall–Kier alpha value is -0.460. The first-order valence-corrected chi connectivity index (χ1v) is 3.53. The van der Waals surface area contributed by atoms with E-state index in [-0.39, 0.29) is 0 Å². The van der Waals surface area contributed by atoms with Gasteiger partial charge in [-0.25, -0.2) is 0 Å². The minimum Gasteiger partial charge on any atom is -0.496 e. The monoisotopic (exact) mass is 126 g/mol. The second kappa shape index (κ2) is 2.42. The van der Waals surface area contributed by atoms with Crippen LogP contribution in [0.3, 0.4) is 0 Å². The third kappa shape index (κ3) is 1.74. The first-order chi connectivity index (χ1) is 4.18. The normalized spacial score (nSPS) is 36.0. The summed E-state index contributed by atoms with van der Waals surface area (Å²) in [6, 6.07) is 0. The van der Waals surface area contributed by atoms with Crippen LogP contribution in [0.1, 0.15) is 26.7 Å². The molecular formula is C8H14O. The molecule has 1 heterocycles. The van der Waals surface area contributed by atoms with Gasteiger partial charge in [0.05, 0.1) is 11.9 Å². The highest BCUT2D eigenvalue weighted by atomic mass is 16.5. The molecule has 0 spiro atoms. The van der Waals surface area contributed by atoms with Crippen molar-refractivity contribution < 1.29 is 4.74 Å². The Morgan fingerprint density at radius 2 is 2.22 bits per heavy atom. The molecule has 1 aliphatic heterocycles. The van der Waals surface area contributed by atoms with Crippen LogP contribution >= 0.6 is 0 Å². The number of hydrogen-bond donors (Lipinski definition) is 0. The van der Waals surface area contributed by atoms with E-state index in [4.69, 9.17) is 4.74 Å². The van der Waals surface area contributed by atoms with Gasteiger partial charge in [0, 0.05) is 6.42 Å². The van der Waals surface area contributed by atoms with Gasteiger partial charge in [-0.05, 0) is 19.3 Å². The molecule has 0 N–H and O–H groups in total. The van der Waals surface area contributed by atoms with Crippen molar-refractivity contribution in [1.29, 1.82) is 0 Å². The van der Waals surface area contributed by atoms with Crippen LogP contribution in [0.4, 0.5) is 0 Å². The van der Waals surface area contributed by atoms with Crippen LogP contribution in [-0.2, 0) is 4.74 Å². The molecule has 0 unspecified atom stereocenters. The predicted octanol–water partition coefficient (Wildman–Crippen LogP) is 2.34. The first-order valence-electron chi connectivity index (χ1n) is 3.53. The molecule has 1 fully saturated rings. The molecule has 2 atom stereocenters. The Bertz CT molecular complexity index is 106. The fourth-order valence-electron chi connectivity index (χ4n) is 1.42. The molecule has 0 aromatic heterocycles. The van der Waals surface area contributed by atoms with E-state index in [0.717, 1.165) is 18.1 Å². The molecule has 0 saturated carbocycles. The first kappa shape index (κ1) is 6.66. The van der Waals surface area contributed by atoms with Gasteiger partial charge in [-0.1, -0.05) is 13.5 Å². The Labute approximate surface area is 56.7 Å². The second-order valence-corrected chi connectivity index (χ2v) is 3.01. The zero-order valence-electron chi connectivity index (χ0n) is 6.18. The molecule has 0 aromatic rings. The highest BCUT2D eigenvalue weighted by Crippen LogP contribution is 2.25. The summed E-state index contributed by atoms with van der Waals surface area (Å²) in [6.45, 7) is 8.13. The minimum absolute atomic E-state index is 0.390. The molecule has 0 aliphatic carbocycles. The summed E-state index contributed by atoms with van der Waals surface area (Å²) in [5.41, 5.74) is 0. The molecule has 0 amide bonds. The van der Waals surface area contributed by atoms with Gasteiger partial charge in [0.1, 0.15) is 0 Å². The van der Waals surface area contributed by atoms with E-state index in [1.165, 1.54) is 6.42 Å². The summed E-state index contributed by atoms with van der Waals surface area (Å²) in [6.07, 6.45) is 2.62. The maximum Gasteiger partial charge on any atom is 0.0956 e. The quantitative estimate of drug-likeness (QED) is 0.484. The smallest absolute Gasteiger partial charge is 0.0956 e. The third-order valence-corrected chi connectivity index (χ3v) is 1.68. The lowest BCUT2D eigenvalue weighted by atomic mass is 9.97. The maximum absolute atomic E-state index is 5.36. The SMILES string of the molecule is C=C1C[C@H](C)C[C@H](C)O1. The fourth-order valence-corrected chi connectivity index (χ4v) is 1.42. The van der Waals surface area contributed by atoms with E-state index in [9.17, 15) is 0 Å². The maximum atomic E-state index is 5.36. The topological polar surface area (TPSA) is 9.23 Å². The summed E-state index contributed by atoms with van der Waals surface area (Å²) < 4.78 is 5.36. The predicted molar refractivity (Wildman–Crippen MR) is 38.1 cm³/mol. The Morgan fingerprint density at radius 3 is 2.67 bits per heavy atom. The highest BCUT2D eigenvalue weighted by Gasteiger charge is 2.17. The second-order valence-electron chi connectivity index (χ2n) is 3.01. The Kier molecular flexibility index (Phi) is 1.79. The van der Waals surface area contributed by atoms with Crippen molar-refractivity contribution in [3.8, 4) is 0 Å². The van der Waals surface area contributed by atoms with Crippen molar-refractivity contribution >= 4 is 0 Å². The molecule has 1 nitrogen and oxygen atoms in total. The molecule has 0 radical (unpaired) electrons. The van der Waals surface area contributed by atoms with Gasteiger partial charge in [0.15, 0.2) is 0 Å². The van der Waals surface area contributed by atoms with Crippen molar-refractivity contribution in [2.75, 3.05) is 0 Å². The number of hydrogen-bond acceptors (Lipinski definition) is 1. The zero-order chi connectivity index (χ0) is 6.85. The summed E-state index contributed by atoms with van der Waals surface area (Å²) in [4.78, 5) is 0. The molecule has 1 heteroatoms. The lowest BCUT2D eigenvalue weighted by molar-refractivity contribution is 0.0654. The highest BCUT2D eigenvalue weighted by molar-refractivity contribution is 4.89. The third-order valence-electron chi connectivity index (χ3n) is 1.68. The molecule has 9 heavy (non-hydrogen) atoms. The van der Waals surface area contributed by atoms with Gasteiger partial charge in [-0.15, -0.1) is 0 Å². The summed E-state index contributed by atoms with van der Waals surface area (Å²) >= 11 is 0. The van der Waals surface area contributed by atoms with E-state index in [1.807, 2.05) is 0 Å². The van der Waals surface area contributed by atoms with E-state index >= 15 is 0 Å². The van der Waals surface area contributed by atoms with Crippen LogP contribution in [0, 0.1) is 5.92 Å². The summed E-state index contributed by atoms with van der Waals surface area (Å²) in [5.74, 6) is 1.72. The molecule has 0 bridgehead atoms. The van der Waals surface area contributed by atoms with Crippen molar-refractivity contribution in [1.82, 2.24) is 0 Å². The van der Waals surface area contributed by atoms with Gasteiger partial charge < -0.3 is 4.74 Å². The van der Waals surface area contributed by atoms with Crippen LogP contribution in [0.25, 0.3) is 0 Å². The number of ether oxygens (including phenoxy) is 1. The lowest BCUT2D eigenvalue weighted by Gasteiger charge is -2.26. The molecular weight excluding hydrogens is 112 g/mol. The average molecular weight is 126 g/mol. The van der Waals surface area contributed by atoms with Crippen molar-refractivity contribution in [3.05, 3.63) is 12.3 Å². The number of rotatable bonds is 0. The molecule has 0 aromatic carbocycles. The van der Waals surface area contributed by atoms with Gasteiger partial charge in [-0.3, -0.25) is 0 Å². The van der Waals surface area contributed by atoms with Crippen LogP contribution in [0.15, 0.2) is 12.3 Å². The average Bonchev–Trinajstić information content (AvgIpc) is 1.59. The number of allylic oxidation sites excluding steroid dienone is 1. The molecule has 1 saturated heterocycles. The van der Waals surface area contributed by atoms with Gasteiger partial charge in [0.2, 0.25) is 0 Å². The molecule has 52 valence electrons. The Morgan fingerprint density at radius 1 is 1.56 bits per heavy atom. The van der Waals surface area contributed by atoms with E-state index in [2.05, 4.69) is 20.4 Å². The fraction of sp³-hybridized carbons (Fsp3) is 0.750. The zero-order valence-corrected chi connectivity index (χ0v) is 6.18. The van der Waals surface area contributed by atoms with Gasteiger partial charge in [0.25, 0.3) is 0 Å². The van der Waals surface area contributed by atoms with Crippen LogP contribution < -0.4 is 0 Å². The van der Waals surface area contributed by atoms with Crippen LogP contribution in [0.2, 0.25) is 0 Å². The standard InChI is InChI=1S/C8H14O/c1-6-4-7(2)9-8(3)5-6/h6,8H,2,4-5H2,1,3H3/t6-,8-/m0/s1. The van der Waals surface area contributed by atoms with Gasteiger partial charge in [-0.2, -0.15) is 0 Å². The molecule has 1 aliphatic rings. The van der Waals surface area contributed by atoms with Gasteiger partial charge >= 0.3 is 0 Å². The van der Waals surface area contributed by atoms with Crippen molar-refractivity contribution in [3.63, 3.8) is 0 Å². The largest absolute Gasteiger partial charge is 0.496 e. The van der Waals surface area contributed by atoms with E-state index in [1.54, 1.807) is 0 Å². The van der Waals surface area contributed by atoms with Crippen LogP contribution in [-0.4, -0.2) is 6.10 Å². The van der Waals surface area contributed by atoms with E-state index < -0.39 is 0 Å². The minimum atomic E-state index is 0.390. The summed E-state index contributed by atoms with van der Waals surface area (Å²) in [5, 5.41) is 0. The lowest BCUT2D eigenvalue weighted by Crippen LogP contribution is -2.19.